The molecule has 0 aliphatic rings. The number of pyridine rings is 1. The Kier molecular flexibility index (Phi) is 4.02. The number of halogens is 2. The zero-order valence-electron chi connectivity index (χ0n) is 9.37. The van der Waals surface area contributed by atoms with E-state index in [1.54, 1.807) is 6.20 Å². The zero-order chi connectivity index (χ0) is 12.3. The van der Waals surface area contributed by atoms with E-state index in [1.807, 2.05) is 37.3 Å². The van der Waals surface area contributed by atoms with E-state index in [9.17, 15) is 0 Å². The molecule has 4 heteroatoms. The minimum Gasteiger partial charge on any atom is -0.366 e. The molecule has 0 fully saturated rings. The molecule has 0 spiro atoms. The largest absolute Gasteiger partial charge is 0.366 e. The first kappa shape index (κ1) is 12.4. The van der Waals surface area contributed by atoms with Crippen molar-refractivity contribution in [1.29, 1.82) is 0 Å². The van der Waals surface area contributed by atoms with E-state index >= 15 is 0 Å². The molecule has 0 aliphatic heterocycles. The van der Waals surface area contributed by atoms with Gasteiger partial charge in [0.2, 0.25) is 0 Å². The Balaban J connectivity index is 2.04. The van der Waals surface area contributed by atoms with E-state index in [0.717, 1.165) is 27.4 Å². The fourth-order valence-electron chi connectivity index (χ4n) is 1.51. The van der Waals surface area contributed by atoms with Gasteiger partial charge in [0.1, 0.15) is 5.82 Å². The molecule has 1 heterocycles. The predicted molar refractivity (Wildman–Crippen MR) is 75.5 cm³/mol. The second-order valence-electron chi connectivity index (χ2n) is 3.80. The first-order valence-electron chi connectivity index (χ1n) is 5.25. The topological polar surface area (TPSA) is 24.9 Å². The van der Waals surface area contributed by atoms with Gasteiger partial charge in [-0.25, -0.2) is 4.98 Å². The zero-order valence-corrected chi connectivity index (χ0v) is 11.7. The molecule has 0 amide bonds. The van der Waals surface area contributed by atoms with Gasteiger partial charge in [-0.2, -0.15) is 0 Å². The average molecular weight is 312 g/mol. The predicted octanol–water partition coefficient (Wildman–Crippen LogP) is 4.42. The van der Waals surface area contributed by atoms with Crippen molar-refractivity contribution in [1.82, 2.24) is 4.98 Å². The molecule has 0 aliphatic carbocycles. The lowest BCUT2D eigenvalue weighted by Gasteiger charge is -2.08. The van der Waals surface area contributed by atoms with Gasteiger partial charge >= 0.3 is 0 Å². The summed E-state index contributed by atoms with van der Waals surface area (Å²) in [6.45, 7) is 2.77. The molecule has 0 saturated carbocycles. The van der Waals surface area contributed by atoms with Crippen LogP contribution in [0.2, 0.25) is 5.02 Å². The van der Waals surface area contributed by atoms with E-state index in [4.69, 9.17) is 11.6 Å². The third-order valence-corrected chi connectivity index (χ3v) is 3.10. The van der Waals surface area contributed by atoms with E-state index in [1.165, 1.54) is 5.56 Å². The van der Waals surface area contributed by atoms with Crippen molar-refractivity contribution in [3.05, 3.63) is 57.2 Å². The molecule has 0 bridgehead atoms. The molecule has 17 heavy (non-hydrogen) atoms. The molecule has 1 aromatic heterocycles. The molecule has 2 aromatic rings. The lowest BCUT2D eigenvalue weighted by atomic mass is 10.2. The minimum absolute atomic E-state index is 0.743. The molecule has 2 nitrogen and oxygen atoms in total. The normalized spacial score (nSPS) is 10.3. The van der Waals surface area contributed by atoms with Crippen LogP contribution in [0.1, 0.15) is 11.1 Å². The van der Waals surface area contributed by atoms with Crippen molar-refractivity contribution in [3.63, 3.8) is 0 Å². The van der Waals surface area contributed by atoms with Crippen molar-refractivity contribution < 1.29 is 0 Å². The van der Waals surface area contributed by atoms with Crippen molar-refractivity contribution >= 4 is 33.3 Å². The van der Waals surface area contributed by atoms with Crippen molar-refractivity contribution in [2.45, 2.75) is 13.5 Å². The summed E-state index contributed by atoms with van der Waals surface area (Å²) in [6, 6.07) is 9.82. The van der Waals surface area contributed by atoms with Gasteiger partial charge in [-0.3, -0.25) is 0 Å². The number of hydrogen-bond acceptors (Lipinski definition) is 2. The summed E-state index contributed by atoms with van der Waals surface area (Å²) in [7, 11) is 0. The maximum atomic E-state index is 5.83. The van der Waals surface area contributed by atoms with Crippen LogP contribution in [0.25, 0.3) is 0 Å². The quantitative estimate of drug-likeness (QED) is 0.907. The third kappa shape index (κ3) is 3.45. The highest BCUT2D eigenvalue weighted by molar-refractivity contribution is 9.10. The lowest BCUT2D eigenvalue weighted by molar-refractivity contribution is 1.09. The maximum Gasteiger partial charge on any atom is 0.129 e. The number of aromatic nitrogens is 1. The Morgan fingerprint density at radius 1 is 1.29 bits per heavy atom. The smallest absolute Gasteiger partial charge is 0.129 e. The number of nitrogens with zero attached hydrogens (tertiary/aromatic N) is 1. The summed E-state index contributed by atoms with van der Waals surface area (Å²) in [5.41, 5.74) is 2.30. The van der Waals surface area contributed by atoms with Gasteiger partial charge in [0.15, 0.2) is 0 Å². The van der Waals surface area contributed by atoms with Crippen LogP contribution in [0.4, 0.5) is 5.82 Å². The summed E-state index contributed by atoms with van der Waals surface area (Å²) in [6.07, 6.45) is 1.79. The van der Waals surface area contributed by atoms with Crippen molar-refractivity contribution in [2.24, 2.45) is 0 Å². The molecule has 0 radical (unpaired) electrons. The van der Waals surface area contributed by atoms with Crippen LogP contribution in [0.5, 0.6) is 0 Å². The van der Waals surface area contributed by atoms with Gasteiger partial charge in [0.25, 0.3) is 0 Å². The van der Waals surface area contributed by atoms with Crippen LogP contribution >= 0.6 is 27.5 Å². The van der Waals surface area contributed by atoms with Gasteiger partial charge in [0, 0.05) is 22.2 Å². The van der Waals surface area contributed by atoms with Crippen LogP contribution in [0.15, 0.2) is 41.0 Å². The summed E-state index contributed by atoms with van der Waals surface area (Å²) in [5.74, 6) is 0.906. The number of aryl methyl sites for hydroxylation is 1. The highest BCUT2D eigenvalue weighted by atomic mass is 79.9. The molecule has 1 N–H and O–H groups in total. The number of rotatable bonds is 3. The Hall–Kier alpha value is -1.06. The van der Waals surface area contributed by atoms with Crippen LogP contribution in [0, 0.1) is 6.92 Å². The second kappa shape index (κ2) is 5.52. The lowest BCUT2D eigenvalue weighted by Crippen LogP contribution is -2.02. The molecule has 0 unspecified atom stereocenters. The number of anilines is 1. The van der Waals surface area contributed by atoms with Crippen LogP contribution in [-0.2, 0) is 6.54 Å². The first-order chi connectivity index (χ1) is 8.15. The standard InChI is InChI=1S/C13H12BrClN2/c1-9-6-11(14)8-17-13(9)16-7-10-2-4-12(15)5-3-10/h2-6,8H,7H2,1H3,(H,16,17). The van der Waals surface area contributed by atoms with Crippen molar-refractivity contribution in [2.75, 3.05) is 5.32 Å². The Morgan fingerprint density at radius 2 is 2.00 bits per heavy atom. The SMILES string of the molecule is Cc1cc(Br)cnc1NCc1ccc(Cl)cc1. The van der Waals surface area contributed by atoms with E-state index in [2.05, 4.69) is 26.2 Å². The van der Waals surface area contributed by atoms with Crippen LogP contribution < -0.4 is 5.32 Å². The number of nitrogens with one attached hydrogen (secondary N) is 1. The van der Waals surface area contributed by atoms with E-state index in [-0.39, 0.29) is 0 Å². The monoisotopic (exact) mass is 310 g/mol. The summed E-state index contributed by atoms with van der Waals surface area (Å²) < 4.78 is 0.993. The van der Waals surface area contributed by atoms with E-state index < -0.39 is 0 Å². The summed E-state index contributed by atoms with van der Waals surface area (Å²) in [5, 5.41) is 4.06. The molecule has 2 rings (SSSR count). The first-order valence-corrected chi connectivity index (χ1v) is 6.43. The highest BCUT2D eigenvalue weighted by Gasteiger charge is 2.00. The summed E-state index contributed by atoms with van der Waals surface area (Å²) >= 11 is 9.23. The molecule has 88 valence electrons. The Morgan fingerprint density at radius 3 is 2.65 bits per heavy atom. The summed E-state index contributed by atoms with van der Waals surface area (Å²) in [4.78, 5) is 4.33. The third-order valence-electron chi connectivity index (χ3n) is 2.42. The van der Waals surface area contributed by atoms with Crippen molar-refractivity contribution in [3.8, 4) is 0 Å². The fraction of sp³-hybridized carbons (Fsp3) is 0.154. The molecule has 1 aromatic carbocycles. The molecule has 0 atom stereocenters. The minimum atomic E-state index is 0.743. The molecular formula is C13H12BrClN2. The number of hydrogen-bond donors (Lipinski definition) is 1. The van der Waals surface area contributed by atoms with Gasteiger partial charge < -0.3 is 5.32 Å². The number of benzene rings is 1. The Bertz CT molecular complexity index is 511. The van der Waals surface area contributed by atoms with Gasteiger partial charge in [0.05, 0.1) is 0 Å². The van der Waals surface area contributed by atoms with E-state index in [0.29, 0.717) is 0 Å². The van der Waals surface area contributed by atoms with Gasteiger partial charge in [-0.15, -0.1) is 0 Å². The maximum absolute atomic E-state index is 5.83. The fourth-order valence-corrected chi connectivity index (χ4v) is 2.09. The molecular weight excluding hydrogens is 300 g/mol. The van der Waals surface area contributed by atoms with Gasteiger partial charge in [-0.1, -0.05) is 23.7 Å². The van der Waals surface area contributed by atoms with Crippen LogP contribution in [-0.4, -0.2) is 4.98 Å². The van der Waals surface area contributed by atoms with Crippen LogP contribution in [0.3, 0.4) is 0 Å². The highest BCUT2D eigenvalue weighted by Crippen LogP contribution is 2.17. The molecule has 0 saturated heterocycles. The van der Waals surface area contributed by atoms with Gasteiger partial charge in [-0.05, 0) is 52.2 Å². The average Bonchev–Trinajstić information content (AvgIpc) is 2.30. The Labute approximate surface area is 114 Å². The second-order valence-corrected chi connectivity index (χ2v) is 5.15.